The first-order chi connectivity index (χ1) is 51.1. The summed E-state index contributed by atoms with van der Waals surface area (Å²) in [7, 11) is 6.09. The number of hydrogen-bond acceptors (Lipinski definition) is 15. The molecular formula is C82H133F3N10O13. The third-order valence-corrected chi connectivity index (χ3v) is 23.7. The second-order valence-corrected chi connectivity index (χ2v) is 31.8. The van der Waals surface area contributed by atoms with Crippen LogP contribution in [0.1, 0.15) is 223 Å². The topological polar surface area (TPSA) is 278 Å². The number of imide groups is 1. The summed E-state index contributed by atoms with van der Waals surface area (Å²) in [5.74, 6) is -5.93. The lowest BCUT2D eigenvalue weighted by Gasteiger charge is -2.41. The molecule has 5 rings (SSSR count). The van der Waals surface area contributed by atoms with Gasteiger partial charge in [0.15, 0.2) is 0 Å². The first-order valence-electron chi connectivity index (χ1n) is 40.0. The fourth-order valence-corrected chi connectivity index (χ4v) is 16.6. The number of halogens is 3. The lowest BCUT2D eigenvalue weighted by atomic mass is 9.62. The number of aliphatic hydroxyl groups excluding tert-OH is 1. The Hall–Kier alpha value is -6.74. The Bertz CT molecular complexity index is 3170. The van der Waals surface area contributed by atoms with Gasteiger partial charge < -0.3 is 55.3 Å². The maximum absolute atomic E-state index is 14.9. The molecule has 9 amide bonds. The first-order valence-corrected chi connectivity index (χ1v) is 40.0. The highest BCUT2D eigenvalue weighted by atomic mass is 19.4. The van der Waals surface area contributed by atoms with Gasteiger partial charge in [-0.1, -0.05) is 165 Å². The first kappa shape index (κ1) is 91.9. The van der Waals surface area contributed by atoms with Crippen molar-refractivity contribution >= 4 is 59.0 Å². The molecule has 26 heteroatoms. The number of rotatable bonds is 44. The molecule has 3 aliphatic heterocycles. The molecule has 3 aliphatic rings. The molecule has 6 N–H and O–H groups in total. The molecule has 3 saturated heterocycles. The van der Waals surface area contributed by atoms with Gasteiger partial charge in [-0.05, 0) is 149 Å². The molecule has 3 heterocycles. The van der Waals surface area contributed by atoms with E-state index in [-0.39, 0.29) is 86.1 Å². The highest BCUT2D eigenvalue weighted by molar-refractivity contribution is 6.04. The second-order valence-electron chi connectivity index (χ2n) is 31.8. The van der Waals surface area contributed by atoms with Crippen LogP contribution in [-0.4, -0.2) is 211 Å². The number of alkyl halides is 3. The summed E-state index contributed by atoms with van der Waals surface area (Å²) in [6.07, 6.45) is 0.713. The maximum atomic E-state index is 14.9. The van der Waals surface area contributed by atoms with Crippen LogP contribution >= 0.6 is 0 Å². The van der Waals surface area contributed by atoms with E-state index >= 15 is 0 Å². The van der Waals surface area contributed by atoms with Crippen molar-refractivity contribution in [3.05, 3.63) is 65.7 Å². The van der Waals surface area contributed by atoms with Gasteiger partial charge in [-0.25, -0.2) is 4.79 Å². The van der Waals surface area contributed by atoms with Crippen LogP contribution in [0, 0.1) is 46.8 Å². The Balaban J connectivity index is 1.20. The number of carbonyl (C=O) groups is 9. The number of ether oxygens (including phenoxy) is 3. The van der Waals surface area contributed by atoms with Gasteiger partial charge in [0.05, 0.1) is 60.7 Å². The lowest BCUT2D eigenvalue weighted by molar-refractivity contribution is -0.161. The minimum absolute atomic E-state index is 0.0972. The number of methoxy groups -OCH3 is 2. The van der Waals surface area contributed by atoms with E-state index in [0.717, 1.165) is 51.6 Å². The predicted octanol–water partition coefficient (Wildman–Crippen LogP) is 11.6. The highest BCUT2D eigenvalue weighted by Crippen LogP contribution is 2.49. The van der Waals surface area contributed by atoms with E-state index in [0.29, 0.717) is 68.4 Å². The van der Waals surface area contributed by atoms with Crippen LogP contribution in [0.3, 0.4) is 0 Å². The smallest absolute Gasteiger partial charge is 0.410 e. The van der Waals surface area contributed by atoms with Gasteiger partial charge in [0, 0.05) is 53.5 Å². The average molecular weight is 1520 g/mol. The summed E-state index contributed by atoms with van der Waals surface area (Å²) in [4.78, 5) is 135. The Kier molecular flexibility index (Phi) is 37.2. The predicted molar refractivity (Wildman–Crippen MR) is 412 cm³/mol. The standard InChI is InChI=1S/C82H133F3N10O13/c1-19-54(11)71(64(106-17)49-67(97)94-47-33-37-63(94)73(107-18)56(13)74(99)86-57(14)72(98)59-34-26-23-27-35-59)91(15)79(104)69(52(7)8)90-77(102)70(53(9)10)92(16)80(105)108-50-58-39-41-60(42-40-58)87-75(100)62(36-32-45-93-43-29-25-30-44-93)88-76(101)68(51(5)6)89-65(82(83,84)85)38-28-24-31-46-95-66(96)48-61(78(95)103)81(21-3,22-4)55(12)20-2/h23,26-27,34-35,39-42,51-57,61-65,68-73,89,98H,19-22,24-25,28-33,36-38,43-50H2,1-18H3,(H,86,99)(H,87,100)(H,88,101)(H,90,102)/t54-,55-,56+,57+,61?,62-,63-,64+,65-,68-,69-,70-,71-,72+,73+/m0/s1. The molecular weight excluding hydrogens is 1390 g/mol. The minimum atomic E-state index is -4.72. The molecule has 3 fully saturated rings. The van der Waals surface area contributed by atoms with Crippen molar-refractivity contribution in [2.45, 2.75) is 286 Å². The Morgan fingerprint density at radius 1 is 0.667 bits per heavy atom. The van der Waals surface area contributed by atoms with Crippen LogP contribution in [0.2, 0.25) is 0 Å². The third kappa shape index (κ3) is 24.9. The number of carbonyl (C=O) groups excluding carboxylic acids is 9. The fraction of sp³-hybridized carbons (Fsp3) is 0.744. The quantitative estimate of drug-likeness (QED) is 0.0266. The normalized spacial score (nSPS) is 19.7. The van der Waals surface area contributed by atoms with Crippen LogP contribution in [0.4, 0.5) is 23.7 Å². The van der Waals surface area contributed by atoms with Crippen molar-refractivity contribution in [3.63, 3.8) is 0 Å². The van der Waals surface area contributed by atoms with Gasteiger partial charge in [0.1, 0.15) is 30.8 Å². The number of nitrogens with one attached hydrogen (secondary N) is 5. The molecule has 2 aromatic rings. The summed E-state index contributed by atoms with van der Waals surface area (Å²) in [6.45, 7) is 29.0. The van der Waals surface area contributed by atoms with Gasteiger partial charge in [0.25, 0.3) is 0 Å². The van der Waals surface area contributed by atoms with Crippen LogP contribution in [0.5, 0.6) is 0 Å². The number of likely N-dealkylation sites (N-methyl/N-ethyl adjacent to an activating group) is 2. The van der Waals surface area contributed by atoms with Gasteiger partial charge in [-0.15, -0.1) is 0 Å². The Morgan fingerprint density at radius 3 is 1.87 bits per heavy atom. The summed E-state index contributed by atoms with van der Waals surface area (Å²) in [5, 5.41) is 25.2. The molecule has 0 saturated carbocycles. The van der Waals surface area contributed by atoms with Crippen molar-refractivity contribution in [1.82, 2.24) is 45.8 Å². The molecule has 610 valence electrons. The maximum Gasteiger partial charge on any atom is 0.410 e. The van der Waals surface area contributed by atoms with Crippen molar-refractivity contribution in [2.24, 2.45) is 46.8 Å². The van der Waals surface area contributed by atoms with Crippen LogP contribution in [0.15, 0.2) is 54.6 Å². The number of amides is 9. The summed E-state index contributed by atoms with van der Waals surface area (Å²) in [6, 6.07) is 7.14. The van der Waals surface area contributed by atoms with E-state index in [4.69, 9.17) is 14.2 Å². The molecule has 1 unspecified atom stereocenters. The molecule has 0 spiro atoms. The zero-order valence-electron chi connectivity index (χ0n) is 68.1. The van der Waals surface area contributed by atoms with E-state index in [1.54, 1.807) is 109 Å². The van der Waals surface area contributed by atoms with Gasteiger partial charge in [-0.3, -0.25) is 53.5 Å². The van der Waals surface area contributed by atoms with E-state index in [2.05, 4.69) is 59.2 Å². The summed E-state index contributed by atoms with van der Waals surface area (Å²) >= 11 is 0. The van der Waals surface area contributed by atoms with Crippen molar-refractivity contribution < 1.29 is 75.6 Å². The van der Waals surface area contributed by atoms with Crippen molar-refractivity contribution in [2.75, 3.05) is 66.4 Å². The molecule has 0 radical (unpaired) electrons. The van der Waals surface area contributed by atoms with E-state index in [1.165, 1.54) is 31.1 Å². The van der Waals surface area contributed by atoms with Crippen LogP contribution < -0.4 is 26.6 Å². The number of nitrogens with zero attached hydrogens (tertiary/aromatic N) is 5. The number of likely N-dealkylation sites (tertiary alicyclic amines) is 3. The molecule has 15 atom stereocenters. The Labute approximate surface area is 642 Å². The van der Waals surface area contributed by atoms with Crippen LogP contribution in [0.25, 0.3) is 0 Å². The molecule has 0 bridgehead atoms. The number of aliphatic hydroxyl groups is 1. The number of piperidine rings is 1. The van der Waals surface area contributed by atoms with E-state index < -0.39 is 132 Å². The molecule has 2 aromatic carbocycles. The van der Waals surface area contributed by atoms with Crippen molar-refractivity contribution in [3.8, 4) is 0 Å². The summed E-state index contributed by atoms with van der Waals surface area (Å²) in [5.41, 5.74) is 1.22. The number of anilines is 1. The van der Waals surface area contributed by atoms with Crippen LogP contribution in [-0.2, 0) is 59.2 Å². The van der Waals surface area contributed by atoms with Crippen molar-refractivity contribution in [1.29, 1.82) is 0 Å². The lowest BCUT2D eigenvalue weighted by Crippen LogP contribution is -2.60. The molecule has 23 nitrogen and oxygen atoms in total. The molecule has 0 aliphatic carbocycles. The van der Waals surface area contributed by atoms with E-state index in [1.807, 2.05) is 32.0 Å². The monoisotopic (exact) mass is 1520 g/mol. The molecule has 0 aromatic heterocycles. The summed E-state index contributed by atoms with van der Waals surface area (Å²) < 4.78 is 62.5. The number of hydrogen-bond donors (Lipinski definition) is 6. The second kappa shape index (κ2) is 43.8. The zero-order valence-corrected chi connectivity index (χ0v) is 68.1. The third-order valence-electron chi connectivity index (χ3n) is 23.7. The van der Waals surface area contributed by atoms with Gasteiger partial charge in [0.2, 0.25) is 47.3 Å². The SMILES string of the molecule is CC[C@H](C)[C@@H]([C@@H](CC(=O)N1CCC[C@H]1[C@H](OC)[C@@H](C)C(=O)N[C@H](C)[C@@H](O)c1ccccc1)OC)N(C)C(=O)[C@@H](NC(=O)[C@H](C(C)C)N(C)C(=O)OCc1ccc(NC(=O)[C@H](CCCN2CCCCC2)NC(=O)[C@@H](N[C@@H](CCCCCN2C(=O)CC(C(CC)(CC)[C@@H](C)CC)C2=O)C(F)(F)F)C(C)C)cc1)C(C)C. The molecule has 108 heavy (non-hydrogen) atoms. The minimum Gasteiger partial charge on any atom is -0.445 e. The van der Waals surface area contributed by atoms with Gasteiger partial charge in [-0.2, -0.15) is 13.2 Å². The fourth-order valence-electron chi connectivity index (χ4n) is 16.6. The van der Waals surface area contributed by atoms with E-state index in [9.17, 15) is 61.4 Å². The zero-order chi connectivity index (χ0) is 80.5. The average Bonchev–Trinajstić information content (AvgIpc) is 1.58. The number of unbranched alkanes of at least 4 members (excludes halogenated alkanes) is 2. The largest absolute Gasteiger partial charge is 0.445 e. The number of benzene rings is 2. The van der Waals surface area contributed by atoms with Gasteiger partial charge >= 0.3 is 12.3 Å². The Morgan fingerprint density at radius 2 is 1.31 bits per heavy atom. The highest BCUT2D eigenvalue weighted by Gasteiger charge is 2.52.